The van der Waals surface area contributed by atoms with Gasteiger partial charge in [-0.2, -0.15) is 5.10 Å². The zero-order valence-electron chi connectivity index (χ0n) is 17.7. The highest BCUT2D eigenvalue weighted by atomic mass is 16.2. The third kappa shape index (κ3) is 2.90. The van der Waals surface area contributed by atoms with Crippen molar-refractivity contribution in [1.29, 1.82) is 0 Å². The average Bonchev–Trinajstić information content (AvgIpc) is 3.47. The maximum Gasteiger partial charge on any atom is 0.255 e. The number of amides is 1. The molecule has 0 N–H and O–H groups in total. The minimum absolute atomic E-state index is 0.0498. The Morgan fingerprint density at radius 1 is 1.10 bits per heavy atom. The molecule has 31 heavy (non-hydrogen) atoms. The number of nitrogens with zero attached hydrogens (tertiary/aromatic N) is 5. The summed E-state index contributed by atoms with van der Waals surface area (Å²) in [6, 6.07) is 8.43. The highest BCUT2D eigenvalue weighted by molar-refractivity contribution is 5.96. The first-order valence-electron chi connectivity index (χ1n) is 10.7. The molecule has 0 radical (unpaired) electrons. The number of hydrogen-bond donors (Lipinski definition) is 0. The van der Waals surface area contributed by atoms with Gasteiger partial charge in [0.05, 0.1) is 29.5 Å². The van der Waals surface area contributed by atoms with Gasteiger partial charge in [-0.05, 0) is 60.4 Å². The first-order valence-corrected chi connectivity index (χ1v) is 10.7. The van der Waals surface area contributed by atoms with E-state index in [-0.39, 0.29) is 5.91 Å². The molecule has 0 aromatic carbocycles. The van der Waals surface area contributed by atoms with Crippen molar-refractivity contribution in [2.75, 3.05) is 6.54 Å². The second-order valence-corrected chi connectivity index (χ2v) is 8.54. The van der Waals surface area contributed by atoms with E-state index < -0.39 is 0 Å². The zero-order valence-corrected chi connectivity index (χ0v) is 17.7. The summed E-state index contributed by atoms with van der Waals surface area (Å²) in [6.45, 7) is 6.36. The van der Waals surface area contributed by atoms with Crippen LogP contribution in [0.25, 0.3) is 11.1 Å². The quantitative estimate of drug-likeness (QED) is 0.506. The van der Waals surface area contributed by atoms with Crippen LogP contribution in [0.5, 0.6) is 0 Å². The molecule has 2 aliphatic rings. The predicted octanol–water partition coefficient (Wildman–Crippen LogP) is 3.79. The Morgan fingerprint density at radius 3 is 2.90 bits per heavy atom. The van der Waals surface area contributed by atoms with Crippen LogP contribution >= 0.6 is 0 Å². The molecule has 0 unspecified atom stereocenters. The topological polar surface area (TPSA) is 55.4 Å². The van der Waals surface area contributed by atoms with E-state index in [1.54, 1.807) is 6.20 Å². The van der Waals surface area contributed by atoms with Crippen molar-refractivity contribution in [1.82, 2.24) is 24.1 Å². The van der Waals surface area contributed by atoms with E-state index in [1.165, 1.54) is 11.3 Å². The SMILES string of the molecule is Cc1cc2n(c1)CCN(C(=O)c1cnc3c(c1)C(c1ccn4ncc(C)c4c1)=CC3)C2. The number of hydrogen-bond acceptors (Lipinski definition) is 3. The van der Waals surface area contributed by atoms with Crippen LogP contribution in [0, 0.1) is 13.8 Å². The third-order valence-corrected chi connectivity index (χ3v) is 6.41. The molecule has 1 aliphatic heterocycles. The summed E-state index contributed by atoms with van der Waals surface area (Å²) < 4.78 is 4.14. The lowest BCUT2D eigenvalue weighted by Gasteiger charge is -2.28. The standard InChI is InChI=1S/C25H23N5O/c1-16-9-20-15-29(8-7-28(20)14-16)25(31)19-10-22-21(3-4-23(22)26-13-19)18-5-6-30-24(11-18)17(2)12-27-30/h3,5-6,9-14H,4,7-8,15H2,1-2H3. The summed E-state index contributed by atoms with van der Waals surface area (Å²) in [7, 11) is 0. The van der Waals surface area contributed by atoms with Crippen LogP contribution in [-0.4, -0.2) is 36.5 Å². The lowest BCUT2D eigenvalue weighted by Crippen LogP contribution is -2.38. The first kappa shape index (κ1) is 18.1. The Morgan fingerprint density at radius 2 is 2.00 bits per heavy atom. The molecule has 0 saturated heterocycles. The number of aryl methyl sites for hydroxylation is 2. The van der Waals surface area contributed by atoms with Crippen molar-refractivity contribution in [2.45, 2.75) is 33.4 Å². The Kier molecular flexibility index (Phi) is 3.90. The summed E-state index contributed by atoms with van der Waals surface area (Å²) >= 11 is 0. The van der Waals surface area contributed by atoms with E-state index in [9.17, 15) is 4.79 Å². The van der Waals surface area contributed by atoms with Crippen LogP contribution in [0.4, 0.5) is 0 Å². The van der Waals surface area contributed by atoms with Gasteiger partial charge in [0, 0.05) is 49.4 Å². The molecule has 6 heteroatoms. The van der Waals surface area contributed by atoms with Crippen LogP contribution in [0.2, 0.25) is 0 Å². The Hall–Kier alpha value is -3.67. The number of carbonyl (C=O) groups is 1. The largest absolute Gasteiger partial charge is 0.348 e. The molecule has 4 aromatic heterocycles. The molecule has 0 saturated carbocycles. The van der Waals surface area contributed by atoms with Gasteiger partial charge in [0.2, 0.25) is 0 Å². The van der Waals surface area contributed by atoms with Crippen molar-refractivity contribution in [2.24, 2.45) is 0 Å². The van der Waals surface area contributed by atoms with Crippen molar-refractivity contribution in [3.8, 4) is 0 Å². The van der Waals surface area contributed by atoms with Crippen LogP contribution in [0.15, 0.2) is 55.1 Å². The molecule has 0 spiro atoms. The summed E-state index contributed by atoms with van der Waals surface area (Å²) in [5.74, 6) is 0.0498. The molecule has 0 atom stereocenters. The summed E-state index contributed by atoms with van der Waals surface area (Å²) in [4.78, 5) is 19.9. The minimum Gasteiger partial charge on any atom is -0.348 e. The average molecular weight is 409 g/mol. The molecule has 4 aromatic rings. The number of rotatable bonds is 2. The van der Waals surface area contributed by atoms with Gasteiger partial charge in [-0.1, -0.05) is 6.08 Å². The van der Waals surface area contributed by atoms with Crippen LogP contribution < -0.4 is 0 Å². The highest BCUT2D eigenvalue weighted by Crippen LogP contribution is 2.33. The highest BCUT2D eigenvalue weighted by Gasteiger charge is 2.25. The lowest BCUT2D eigenvalue weighted by molar-refractivity contribution is 0.0710. The number of allylic oxidation sites excluding steroid dienone is 1. The van der Waals surface area contributed by atoms with E-state index in [4.69, 9.17) is 0 Å². The summed E-state index contributed by atoms with van der Waals surface area (Å²) in [5.41, 5.74) is 9.69. The number of fused-ring (bicyclic) bond motifs is 3. The summed E-state index contributed by atoms with van der Waals surface area (Å²) in [6.07, 6.45) is 10.8. The Balaban J connectivity index is 1.32. The molecule has 0 fully saturated rings. The normalized spacial score (nSPS) is 15.2. The predicted molar refractivity (Wildman–Crippen MR) is 119 cm³/mol. The number of carbonyl (C=O) groups excluding carboxylic acids is 1. The molecular formula is C25H23N5O. The Labute approximate surface area is 180 Å². The van der Waals surface area contributed by atoms with E-state index in [1.807, 2.05) is 27.9 Å². The van der Waals surface area contributed by atoms with Gasteiger partial charge < -0.3 is 9.47 Å². The zero-order chi connectivity index (χ0) is 21.1. The molecule has 1 aliphatic carbocycles. The van der Waals surface area contributed by atoms with Gasteiger partial charge in [-0.3, -0.25) is 9.78 Å². The molecule has 0 bridgehead atoms. The third-order valence-electron chi connectivity index (χ3n) is 6.41. The maximum absolute atomic E-state index is 13.3. The van der Waals surface area contributed by atoms with Crippen molar-refractivity contribution in [3.63, 3.8) is 0 Å². The number of aromatic nitrogens is 4. The monoisotopic (exact) mass is 409 g/mol. The maximum atomic E-state index is 13.3. The molecule has 1 amide bonds. The first-order chi connectivity index (χ1) is 15.1. The van der Waals surface area contributed by atoms with Gasteiger partial charge in [0.25, 0.3) is 5.91 Å². The fourth-order valence-electron chi connectivity index (χ4n) is 4.77. The summed E-state index contributed by atoms with van der Waals surface area (Å²) in [5, 5.41) is 4.37. The van der Waals surface area contributed by atoms with E-state index in [0.717, 1.165) is 53.0 Å². The van der Waals surface area contributed by atoms with Crippen molar-refractivity contribution < 1.29 is 4.79 Å². The molecule has 5 heterocycles. The van der Waals surface area contributed by atoms with Crippen LogP contribution in [0.3, 0.4) is 0 Å². The van der Waals surface area contributed by atoms with Gasteiger partial charge in [0.1, 0.15) is 0 Å². The second-order valence-electron chi connectivity index (χ2n) is 8.54. The van der Waals surface area contributed by atoms with Gasteiger partial charge in [-0.25, -0.2) is 4.52 Å². The van der Waals surface area contributed by atoms with Gasteiger partial charge in [0.15, 0.2) is 0 Å². The number of pyridine rings is 2. The van der Waals surface area contributed by atoms with Crippen molar-refractivity contribution in [3.05, 3.63) is 94.3 Å². The lowest BCUT2D eigenvalue weighted by atomic mass is 10.00. The van der Waals surface area contributed by atoms with E-state index in [0.29, 0.717) is 12.1 Å². The minimum atomic E-state index is 0.0498. The molecule has 6 rings (SSSR count). The van der Waals surface area contributed by atoms with Gasteiger partial charge in [-0.15, -0.1) is 0 Å². The molecular weight excluding hydrogens is 386 g/mol. The second kappa shape index (κ2) is 6.67. The van der Waals surface area contributed by atoms with Crippen LogP contribution in [-0.2, 0) is 19.5 Å². The Bertz CT molecular complexity index is 1390. The van der Waals surface area contributed by atoms with E-state index in [2.05, 4.69) is 59.0 Å². The van der Waals surface area contributed by atoms with Gasteiger partial charge >= 0.3 is 0 Å². The van der Waals surface area contributed by atoms with E-state index >= 15 is 0 Å². The molecule has 154 valence electrons. The molecule has 6 nitrogen and oxygen atoms in total. The smallest absolute Gasteiger partial charge is 0.255 e. The van der Waals surface area contributed by atoms with Crippen LogP contribution in [0.1, 0.15) is 44.0 Å². The fraction of sp³-hybridized carbons (Fsp3) is 0.240. The van der Waals surface area contributed by atoms with Crippen molar-refractivity contribution >= 4 is 17.0 Å². The fourth-order valence-corrected chi connectivity index (χ4v) is 4.77.